The van der Waals surface area contributed by atoms with Crippen LogP contribution in [0.25, 0.3) is 0 Å². The summed E-state index contributed by atoms with van der Waals surface area (Å²) in [4.78, 5) is 8.10. The Labute approximate surface area is 124 Å². The molecule has 0 aliphatic carbocycles. The predicted molar refractivity (Wildman–Crippen MR) is 76.2 cm³/mol. The maximum absolute atomic E-state index is 14.1. The lowest BCUT2D eigenvalue weighted by Gasteiger charge is -2.19. The smallest absolute Gasteiger partial charge is 0.132 e. The third-order valence-corrected chi connectivity index (χ3v) is 3.27. The van der Waals surface area contributed by atoms with Gasteiger partial charge in [0.1, 0.15) is 11.6 Å². The van der Waals surface area contributed by atoms with Crippen LogP contribution in [0.5, 0.6) is 0 Å². The van der Waals surface area contributed by atoms with Crippen molar-refractivity contribution in [3.63, 3.8) is 0 Å². The zero-order chi connectivity index (χ0) is 14.5. The molecule has 0 fully saturated rings. The second kappa shape index (κ2) is 6.85. The molecule has 2 aromatic rings. The van der Waals surface area contributed by atoms with E-state index in [0.29, 0.717) is 16.7 Å². The first-order valence-corrected chi connectivity index (χ1v) is 7.06. The summed E-state index contributed by atoms with van der Waals surface area (Å²) in [7, 11) is 0. The maximum Gasteiger partial charge on any atom is 0.132 e. The third-order valence-electron chi connectivity index (χ3n) is 2.81. The van der Waals surface area contributed by atoms with Crippen molar-refractivity contribution in [3.05, 3.63) is 58.1 Å². The standard InChI is InChI=1S/C14H14BrF2N3/c1-2-3-20-14(12-8-18-4-5-19-12)13-10(16)6-9(15)7-11(13)17/h4-8,14,20H,2-3H2,1H3. The third kappa shape index (κ3) is 3.37. The van der Waals surface area contributed by atoms with Crippen molar-refractivity contribution in [2.45, 2.75) is 19.4 Å². The molecule has 1 aromatic carbocycles. The fourth-order valence-electron chi connectivity index (χ4n) is 1.93. The van der Waals surface area contributed by atoms with Crippen molar-refractivity contribution < 1.29 is 8.78 Å². The topological polar surface area (TPSA) is 37.8 Å². The van der Waals surface area contributed by atoms with Crippen LogP contribution in [-0.2, 0) is 0 Å². The molecule has 3 nitrogen and oxygen atoms in total. The lowest BCUT2D eigenvalue weighted by Crippen LogP contribution is -2.26. The molecule has 20 heavy (non-hydrogen) atoms. The molecule has 0 aliphatic heterocycles. The minimum atomic E-state index is -0.656. The zero-order valence-corrected chi connectivity index (χ0v) is 12.5. The number of nitrogens with one attached hydrogen (secondary N) is 1. The first-order chi connectivity index (χ1) is 9.63. The predicted octanol–water partition coefficient (Wildman–Crippen LogP) is 3.61. The van der Waals surface area contributed by atoms with Crippen molar-refractivity contribution in [1.29, 1.82) is 0 Å². The average molecular weight is 342 g/mol. The van der Waals surface area contributed by atoms with Crippen molar-refractivity contribution >= 4 is 15.9 Å². The van der Waals surface area contributed by atoms with Crippen LogP contribution in [-0.4, -0.2) is 16.5 Å². The van der Waals surface area contributed by atoms with E-state index < -0.39 is 17.7 Å². The second-order valence-corrected chi connectivity index (χ2v) is 5.22. The van der Waals surface area contributed by atoms with Crippen molar-refractivity contribution in [3.8, 4) is 0 Å². The largest absolute Gasteiger partial charge is 0.305 e. The highest BCUT2D eigenvalue weighted by Gasteiger charge is 2.23. The van der Waals surface area contributed by atoms with Gasteiger partial charge in [0.25, 0.3) is 0 Å². The van der Waals surface area contributed by atoms with E-state index in [1.54, 1.807) is 0 Å². The summed E-state index contributed by atoms with van der Waals surface area (Å²) in [6.07, 6.45) is 5.38. The van der Waals surface area contributed by atoms with E-state index in [4.69, 9.17) is 0 Å². The summed E-state index contributed by atoms with van der Waals surface area (Å²) in [6.45, 7) is 2.60. The zero-order valence-electron chi connectivity index (χ0n) is 10.9. The van der Waals surface area contributed by atoms with Gasteiger partial charge < -0.3 is 5.32 Å². The molecule has 0 bridgehead atoms. The SMILES string of the molecule is CCCNC(c1cnccn1)c1c(F)cc(Br)cc1F. The van der Waals surface area contributed by atoms with E-state index in [2.05, 4.69) is 31.2 Å². The van der Waals surface area contributed by atoms with Crippen LogP contribution in [0.1, 0.15) is 30.6 Å². The van der Waals surface area contributed by atoms with Gasteiger partial charge in [0.15, 0.2) is 0 Å². The fraction of sp³-hybridized carbons (Fsp3) is 0.286. The van der Waals surface area contributed by atoms with Crippen LogP contribution < -0.4 is 5.32 Å². The van der Waals surface area contributed by atoms with Gasteiger partial charge in [-0.25, -0.2) is 8.78 Å². The molecule has 0 saturated heterocycles. The molecule has 6 heteroatoms. The van der Waals surface area contributed by atoms with Crippen LogP contribution >= 0.6 is 15.9 Å². The van der Waals surface area contributed by atoms with Crippen LogP contribution in [0.15, 0.2) is 35.2 Å². The van der Waals surface area contributed by atoms with E-state index >= 15 is 0 Å². The fourth-order valence-corrected chi connectivity index (χ4v) is 2.33. The molecule has 1 unspecified atom stereocenters. The van der Waals surface area contributed by atoms with Gasteiger partial charge in [0, 0.05) is 22.4 Å². The summed E-state index contributed by atoms with van der Waals surface area (Å²) in [5.41, 5.74) is 0.447. The minimum Gasteiger partial charge on any atom is -0.305 e. The summed E-state index contributed by atoms with van der Waals surface area (Å²) in [5.74, 6) is -1.23. The highest BCUT2D eigenvalue weighted by Crippen LogP contribution is 2.28. The number of nitrogens with zero attached hydrogens (tertiary/aromatic N) is 2. The number of aromatic nitrogens is 2. The van der Waals surface area contributed by atoms with Crippen LogP contribution in [0.3, 0.4) is 0 Å². The molecule has 1 atom stereocenters. The monoisotopic (exact) mass is 341 g/mol. The van der Waals surface area contributed by atoms with Crippen LogP contribution in [0.2, 0.25) is 0 Å². The van der Waals surface area contributed by atoms with E-state index in [0.717, 1.165) is 6.42 Å². The van der Waals surface area contributed by atoms with Crippen molar-refractivity contribution in [2.24, 2.45) is 0 Å². The molecule has 0 spiro atoms. The number of hydrogen-bond donors (Lipinski definition) is 1. The molecular weight excluding hydrogens is 328 g/mol. The molecule has 1 aromatic heterocycles. The lowest BCUT2D eigenvalue weighted by molar-refractivity contribution is 0.496. The number of hydrogen-bond acceptors (Lipinski definition) is 3. The molecule has 1 N–H and O–H groups in total. The number of rotatable bonds is 5. The Balaban J connectivity index is 2.47. The van der Waals surface area contributed by atoms with Crippen LogP contribution in [0.4, 0.5) is 8.78 Å². The Bertz CT molecular complexity index is 555. The molecule has 1 heterocycles. The molecule has 106 valence electrons. The Morgan fingerprint density at radius 2 is 1.95 bits per heavy atom. The van der Waals surface area contributed by atoms with Gasteiger partial charge in [-0.2, -0.15) is 0 Å². The van der Waals surface area contributed by atoms with Gasteiger partial charge >= 0.3 is 0 Å². The Morgan fingerprint density at radius 3 is 2.50 bits per heavy atom. The normalized spacial score (nSPS) is 12.4. The maximum atomic E-state index is 14.1. The van der Waals surface area contributed by atoms with Crippen molar-refractivity contribution in [1.82, 2.24) is 15.3 Å². The molecule has 0 aliphatic rings. The lowest BCUT2D eigenvalue weighted by atomic mass is 10.0. The van der Waals surface area contributed by atoms with E-state index in [-0.39, 0.29) is 5.56 Å². The Hall–Kier alpha value is -1.40. The summed E-state index contributed by atoms with van der Waals surface area (Å²) < 4.78 is 28.6. The first kappa shape index (κ1) is 15.0. The van der Waals surface area contributed by atoms with Gasteiger partial charge in [-0.15, -0.1) is 0 Å². The molecule has 0 amide bonds. The van der Waals surface area contributed by atoms with E-state index in [9.17, 15) is 8.78 Å². The summed E-state index contributed by atoms with van der Waals surface area (Å²) in [5, 5.41) is 3.11. The minimum absolute atomic E-state index is 0.0397. The Morgan fingerprint density at radius 1 is 1.25 bits per heavy atom. The van der Waals surface area contributed by atoms with Gasteiger partial charge in [0.2, 0.25) is 0 Å². The first-order valence-electron chi connectivity index (χ1n) is 6.27. The van der Waals surface area contributed by atoms with Gasteiger partial charge in [-0.05, 0) is 25.1 Å². The highest BCUT2D eigenvalue weighted by molar-refractivity contribution is 9.10. The van der Waals surface area contributed by atoms with Gasteiger partial charge in [-0.1, -0.05) is 22.9 Å². The van der Waals surface area contributed by atoms with Crippen LogP contribution in [0, 0.1) is 11.6 Å². The molecule has 0 radical (unpaired) electrons. The van der Waals surface area contributed by atoms with Gasteiger partial charge in [0.05, 0.1) is 17.9 Å². The molecular formula is C14H14BrF2N3. The number of benzene rings is 1. The summed E-state index contributed by atoms with van der Waals surface area (Å²) >= 11 is 3.08. The van der Waals surface area contributed by atoms with E-state index in [1.807, 2.05) is 6.92 Å². The molecule has 2 rings (SSSR count). The highest BCUT2D eigenvalue weighted by atomic mass is 79.9. The second-order valence-electron chi connectivity index (χ2n) is 4.30. The van der Waals surface area contributed by atoms with E-state index in [1.165, 1.54) is 30.7 Å². The van der Waals surface area contributed by atoms with Gasteiger partial charge in [-0.3, -0.25) is 9.97 Å². The Kier molecular flexibility index (Phi) is 5.14. The summed E-state index contributed by atoms with van der Waals surface area (Å²) in [6, 6.07) is 1.84. The molecule has 0 saturated carbocycles. The average Bonchev–Trinajstić information content (AvgIpc) is 2.42. The van der Waals surface area contributed by atoms with Crippen molar-refractivity contribution in [2.75, 3.05) is 6.54 Å². The number of halogens is 3. The quantitative estimate of drug-likeness (QED) is 0.902.